The Labute approximate surface area is 207 Å². The van der Waals surface area contributed by atoms with Gasteiger partial charge in [-0.1, -0.05) is 32.1 Å². The summed E-state index contributed by atoms with van der Waals surface area (Å²) in [6, 6.07) is 9.99. The van der Waals surface area contributed by atoms with Crippen molar-refractivity contribution in [3.05, 3.63) is 70.8 Å². The van der Waals surface area contributed by atoms with Crippen molar-refractivity contribution in [2.45, 2.75) is 78.1 Å². The number of carbonyl (C=O) groups is 2. The number of ketones is 2. The number of carbonyl (C=O) groups excluding carboxylic acids is 2. The van der Waals surface area contributed by atoms with Crippen molar-refractivity contribution >= 4 is 11.6 Å². The Bertz CT molecular complexity index is 966. The molecule has 2 aromatic rings. The maximum Gasteiger partial charge on any atom is 0.155 e. The molecule has 0 saturated carbocycles. The first-order valence-corrected chi connectivity index (χ1v) is 12.0. The van der Waals surface area contributed by atoms with Gasteiger partial charge in [0.05, 0.1) is 19.3 Å². The van der Waals surface area contributed by atoms with E-state index in [2.05, 4.69) is 0 Å². The number of allylic oxidation sites excluding steroid dienone is 2. The summed E-state index contributed by atoms with van der Waals surface area (Å²) in [7, 11) is 0. The molecule has 0 aromatic heterocycles. The highest BCUT2D eigenvalue weighted by molar-refractivity contribution is 5.89. The third-order valence-corrected chi connectivity index (χ3v) is 5.46. The number of aryl methyl sites for hydroxylation is 2. The number of aliphatic hydroxyl groups is 3. The molecular formula is C28H38O7. The lowest BCUT2D eigenvalue weighted by atomic mass is 10.0. The molecule has 2 aromatic carbocycles. The van der Waals surface area contributed by atoms with Gasteiger partial charge < -0.3 is 25.5 Å². The van der Waals surface area contributed by atoms with E-state index in [1.807, 2.05) is 19.9 Å². The number of rotatable bonds is 13. The first kappa shape index (κ1) is 30.0. The van der Waals surface area contributed by atoms with Gasteiger partial charge in [-0.3, -0.25) is 9.59 Å². The lowest BCUT2D eigenvalue weighted by Gasteiger charge is -2.08. The standard InChI is InChI=1S/C14H20O4.C14H18O3/c1-2-12(16)8-13(17)5-3-10-4-6-14(18)11(7-10)9-15;1-2-3-4-13(16)7-5-11-6-8-14(17)12(9-11)10-15/h4,6-7,12,15-16,18H,2-3,5,8-9H2,1H3;3-4,6,8-9,15,17H,2,5,7,10H2,1H3/b;4-3+/t12-;/m0./s1. The highest BCUT2D eigenvalue weighted by atomic mass is 16.3. The molecule has 0 amide bonds. The number of hydrogen-bond acceptors (Lipinski definition) is 7. The van der Waals surface area contributed by atoms with Crippen molar-refractivity contribution in [3.8, 4) is 11.5 Å². The molecule has 0 aliphatic heterocycles. The van der Waals surface area contributed by atoms with Crippen LogP contribution >= 0.6 is 0 Å². The van der Waals surface area contributed by atoms with Gasteiger partial charge in [-0.15, -0.1) is 0 Å². The van der Waals surface area contributed by atoms with Crippen molar-refractivity contribution in [3.63, 3.8) is 0 Å². The normalized spacial score (nSPS) is 11.7. The van der Waals surface area contributed by atoms with Gasteiger partial charge in [0.25, 0.3) is 0 Å². The molecule has 0 radical (unpaired) electrons. The molecule has 0 fully saturated rings. The topological polar surface area (TPSA) is 135 Å². The van der Waals surface area contributed by atoms with Crippen LogP contribution in [0, 0.1) is 0 Å². The van der Waals surface area contributed by atoms with E-state index in [4.69, 9.17) is 10.2 Å². The summed E-state index contributed by atoms with van der Waals surface area (Å²) < 4.78 is 0. The van der Waals surface area contributed by atoms with Crippen LogP contribution in [-0.4, -0.2) is 43.2 Å². The zero-order valence-electron chi connectivity index (χ0n) is 20.6. The minimum absolute atomic E-state index is 0.0305. The second kappa shape index (κ2) is 16.6. The summed E-state index contributed by atoms with van der Waals surface area (Å²) in [5.74, 6) is 0.288. The molecule has 0 saturated heterocycles. The van der Waals surface area contributed by atoms with Crippen molar-refractivity contribution < 1.29 is 35.1 Å². The summed E-state index contributed by atoms with van der Waals surface area (Å²) in [5, 5.41) is 46.2. The average molecular weight is 487 g/mol. The van der Waals surface area contributed by atoms with Crippen LogP contribution in [0.25, 0.3) is 0 Å². The van der Waals surface area contributed by atoms with Gasteiger partial charge in [-0.2, -0.15) is 0 Å². The van der Waals surface area contributed by atoms with Crippen LogP contribution in [0.15, 0.2) is 48.6 Å². The number of benzene rings is 2. The van der Waals surface area contributed by atoms with Crippen LogP contribution < -0.4 is 0 Å². The first-order valence-electron chi connectivity index (χ1n) is 12.0. The maximum atomic E-state index is 11.5. The van der Waals surface area contributed by atoms with E-state index in [1.165, 1.54) is 6.07 Å². The molecule has 35 heavy (non-hydrogen) atoms. The molecule has 7 heteroatoms. The zero-order valence-corrected chi connectivity index (χ0v) is 20.6. The minimum Gasteiger partial charge on any atom is -0.508 e. The lowest BCUT2D eigenvalue weighted by Crippen LogP contribution is -2.12. The second-order valence-corrected chi connectivity index (χ2v) is 8.32. The number of aliphatic hydroxyl groups excluding tert-OH is 3. The van der Waals surface area contributed by atoms with Crippen molar-refractivity contribution in [2.75, 3.05) is 0 Å². The van der Waals surface area contributed by atoms with Gasteiger partial charge in [0.1, 0.15) is 17.3 Å². The van der Waals surface area contributed by atoms with Crippen LogP contribution in [0.4, 0.5) is 0 Å². The number of phenols is 2. The van der Waals surface area contributed by atoms with Crippen LogP contribution in [-0.2, 0) is 35.6 Å². The largest absolute Gasteiger partial charge is 0.508 e. The van der Waals surface area contributed by atoms with Crippen LogP contribution in [0.2, 0.25) is 0 Å². The Kier molecular flexibility index (Phi) is 14.2. The summed E-state index contributed by atoms with van der Waals surface area (Å²) in [4.78, 5) is 23.0. The van der Waals surface area contributed by atoms with E-state index < -0.39 is 6.10 Å². The number of Topliss-reactive ketones (excluding diaryl/α,β-unsaturated/α-hetero) is 1. The number of aromatic hydroxyl groups is 2. The minimum atomic E-state index is -0.551. The van der Waals surface area contributed by atoms with E-state index in [0.29, 0.717) is 43.2 Å². The van der Waals surface area contributed by atoms with Crippen LogP contribution in [0.1, 0.15) is 68.2 Å². The fourth-order valence-electron chi connectivity index (χ4n) is 3.24. The fourth-order valence-corrected chi connectivity index (χ4v) is 3.24. The van der Waals surface area contributed by atoms with Gasteiger partial charge in [0.15, 0.2) is 5.78 Å². The van der Waals surface area contributed by atoms with E-state index in [9.17, 15) is 24.9 Å². The predicted octanol–water partition coefficient (Wildman–Crippen LogP) is 3.90. The number of hydrogen-bond donors (Lipinski definition) is 5. The van der Waals surface area contributed by atoms with Gasteiger partial charge in [-0.05, 0) is 67.2 Å². The van der Waals surface area contributed by atoms with E-state index in [-0.39, 0.29) is 42.7 Å². The molecule has 0 spiro atoms. The fraction of sp³-hybridized carbons (Fsp3) is 0.429. The molecule has 1 atom stereocenters. The Morgan fingerprint density at radius 2 is 1.37 bits per heavy atom. The van der Waals surface area contributed by atoms with E-state index in [0.717, 1.165) is 17.5 Å². The Morgan fingerprint density at radius 1 is 0.857 bits per heavy atom. The molecule has 0 aliphatic rings. The highest BCUT2D eigenvalue weighted by Crippen LogP contribution is 2.20. The third-order valence-electron chi connectivity index (χ3n) is 5.46. The highest BCUT2D eigenvalue weighted by Gasteiger charge is 2.10. The Morgan fingerprint density at radius 3 is 1.83 bits per heavy atom. The van der Waals surface area contributed by atoms with Gasteiger partial charge >= 0.3 is 0 Å². The van der Waals surface area contributed by atoms with Crippen molar-refractivity contribution in [1.82, 2.24) is 0 Å². The van der Waals surface area contributed by atoms with Crippen LogP contribution in [0.3, 0.4) is 0 Å². The quantitative estimate of drug-likeness (QED) is 0.271. The van der Waals surface area contributed by atoms with Crippen molar-refractivity contribution in [2.24, 2.45) is 0 Å². The summed E-state index contributed by atoms with van der Waals surface area (Å²) >= 11 is 0. The molecule has 7 nitrogen and oxygen atoms in total. The monoisotopic (exact) mass is 486 g/mol. The maximum absolute atomic E-state index is 11.5. The van der Waals surface area contributed by atoms with Gasteiger partial charge in [-0.25, -0.2) is 0 Å². The Balaban J connectivity index is 0.000000351. The SMILES string of the molecule is CC/C=C/C(=O)CCc1ccc(O)c(CO)c1.CC[C@H](O)CC(=O)CCc1ccc(O)c(CO)c1. The molecule has 2 rings (SSSR count). The molecule has 5 N–H and O–H groups in total. The summed E-state index contributed by atoms with van der Waals surface area (Å²) in [6.07, 6.45) is 6.54. The van der Waals surface area contributed by atoms with Crippen molar-refractivity contribution in [1.29, 1.82) is 0 Å². The average Bonchev–Trinajstić information content (AvgIpc) is 2.86. The molecule has 0 aliphatic carbocycles. The van der Waals surface area contributed by atoms with Crippen LogP contribution in [0.5, 0.6) is 11.5 Å². The van der Waals surface area contributed by atoms with E-state index >= 15 is 0 Å². The molecule has 0 unspecified atom stereocenters. The smallest absolute Gasteiger partial charge is 0.155 e. The molecule has 192 valence electrons. The molecular weight excluding hydrogens is 448 g/mol. The Hall–Kier alpha value is -3.00. The predicted molar refractivity (Wildman–Crippen MR) is 135 cm³/mol. The molecule has 0 bridgehead atoms. The third kappa shape index (κ3) is 11.8. The lowest BCUT2D eigenvalue weighted by molar-refractivity contribution is -0.121. The second-order valence-electron chi connectivity index (χ2n) is 8.32. The van der Waals surface area contributed by atoms with Gasteiger partial charge in [0, 0.05) is 30.4 Å². The van der Waals surface area contributed by atoms with Gasteiger partial charge in [0.2, 0.25) is 0 Å². The van der Waals surface area contributed by atoms with E-state index in [1.54, 1.807) is 36.4 Å². The summed E-state index contributed by atoms with van der Waals surface area (Å²) in [5.41, 5.74) is 2.81. The summed E-state index contributed by atoms with van der Waals surface area (Å²) in [6.45, 7) is 3.41. The first-order chi connectivity index (χ1) is 16.7. The molecule has 0 heterocycles. The zero-order chi connectivity index (χ0) is 26.2.